The summed E-state index contributed by atoms with van der Waals surface area (Å²) in [6, 6.07) is 12.3. The quantitative estimate of drug-likeness (QED) is 0.510. The van der Waals surface area contributed by atoms with E-state index in [0.29, 0.717) is 13.0 Å². The van der Waals surface area contributed by atoms with E-state index in [0.717, 1.165) is 33.1 Å². The lowest BCUT2D eigenvalue weighted by Gasteiger charge is -2.11. The second kappa shape index (κ2) is 7.29. The minimum absolute atomic E-state index is 0.129. The Morgan fingerprint density at radius 2 is 2.10 bits per heavy atom. The molecule has 144 valence electrons. The smallest absolute Gasteiger partial charge is 0.198 e. The molecule has 1 aliphatic rings. The van der Waals surface area contributed by atoms with Gasteiger partial charge in [-0.3, -0.25) is 4.79 Å². The van der Waals surface area contributed by atoms with Gasteiger partial charge >= 0.3 is 0 Å². The highest BCUT2D eigenvalue weighted by Gasteiger charge is 2.21. The Kier molecular flexibility index (Phi) is 4.48. The van der Waals surface area contributed by atoms with E-state index in [1.807, 2.05) is 36.8 Å². The van der Waals surface area contributed by atoms with Gasteiger partial charge in [0, 0.05) is 35.8 Å². The van der Waals surface area contributed by atoms with Gasteiger partial charge in [0.25, 0.3) is 0 Å². The molecule has 7 nitrogen and oxygen atoms in total. The Morgan fingerprint density at radius 1 is 1.17 bits per heavy atom. The van der Waals surface area contributed by atoms with E-state index in [1.165, 1.54) is 11.8 Å². The van der Waals surface area contributed by atoms with Crippen molar-refractivity contribution in [1.82, 2.24) is 29.8 Å². The van der Waals surface area contributed by atoms with E-state index >= 15 is 0 Å². The minimum atomic E-state index is 0.129. The van der Waals surface area contributed by atoms with Crippen LogP contribution in [0, 0.1) is 0 Å². The van der Waals surface area contributed by atoms with Crippen LogP contribution < -0.4 is 0 Å². The molecule has 0 spiro atoms. The number of pyridine rings is 1. The van der Waals surface area contributed by atoms with Crippen LogP contribution in [-0.2, 0) is 17.8 Å². The number of hydrogen-bond donors (Lipinski definition) is 0. The Morgan fingerprint density at radius 3 is 2.90 bits per heavy atom. The Hall–Kier alpha value is -3.26. The second-order valence-corrected chi connectivity index (χ2v) is 8.15. The van der Waals surface area contributed by atoms with Crippen LogP contribution in [0.3, 0.4) is 0 Å². The van der Waals surface area contributed by atoms with Gasteiger partial charge in [-0.05, 0) is 34.9 Å². The maximum atomic E-state index is 11.7. The number of rotatable bonds is 5. The molecule has 0 fully saturated rings. The molecule has 3 aromatic heterocycles. The van der Waals surface area contributed by atoms with E-state index in [1.54, 1.807) is 15.6 Å². The lowest BCUT2D eigenvalue weighted by molar-refractivity contribution is -0.110. The van der Waals surface area contributed by atoms with Crippen LogP contribution in [0.25, 0.3) is 5.82 Å². The molecular formula is C21H18N6OS. The predicted octanol–water partition coefficient (Wildman–Crippen LogP) is 3.23. The molecule has 0 saturated carbocycles. The third kappa shape index (κ3) is 3.58. The molecule has 1 aliphatic heterocycles. The molecule has 1 atom stereocenters. The van der Waals surface area contributed by atoms with Gasteiger partial charge in [0.1, 0.15) is 0 Å². The lowest BCUT2D eigenvalue weighted by atomic mass is 9.96. The van der Waals surface area contributed by atoms with Gasteiger partial charge in [-0.25, -0.2) is 14.3 Å². The summed E-state index contributed by atoms with van der Waals surface area (Å²) in [6.45, 7) is 2.76. The van der Waals surface area contributed by atoms with Gasteiger partial charge in [-0.15, -0.1) is 5.10 Å². The van der Waals surface area contributed by atoms with Gasteiger partial charge in [0.15, 0.2) is 10.9 Å². The fourth-order valence-corrected chi connectivity index (χ4v) is 4.35. The summed E-state index contributed by atoms with van der Waals surface area (Å²) < 4.78 is 3.55. The van der Waals surface area contributed by atoms with Crippen LogP contribution in [0.2, 0.25) is 0 Å². The van der Waals surface area contributed by atoms with Crippen LogP contribution in [0.5, 0.6) is 0 Å². The van der Waals surface area contributed by atoms with Crippen LogP contribution >= 0.6 is 11.8 Å². The van der Waals surface area contributed by atoms with Crippen molar-refractivity contribution in [2.75, 3.05) is 0 Å². The number of carbonyl (C=O) groups excluding carboxylic acids is 1. The van der Waals surface area contributed by atoms with E-state index in [4.69, 9.17) is 5.10 Å². The van der Waals surface area contributed by atoms with Crippen molar-refractivity contribution in [3.05, 3.63) is 83.6 Å². The molecule has 5 rings (SSSR count). The summed E-state index contributed by atoms with van der Waals surface area (Å²) in [5, 5.41) is 12.7. The van der Waals surface area contributed by atoms with E-state index in [-0.39, 0.29) is 11.0 Å². The SMILES string of the molecule is CC(c1ccc2c(c1)SC(=O)C2)c1ccn(-c2ccc(Cn3ccnn3)cn2)n1. The Labute approximate surface area is 171 Å². The average molecular weight is 402 g/mol. The zero-order valence-electron chi connectivity index (χ0n) is 15.8. The number of hydrogen-bond acceptors (Lipinski definition) is 6. The van der Waals surface area contributed by atoms with Crippen LogP contribution in [0.1, 0.15) is 35.2 Å². The van der Waals surface area contributed by atoms with Crippen molar-refractivity contribution in [3.8, 4) is 5.82 Å². The van der Waals surface area contributed by atoms with E-state index in [2.05, 4.69) is 40.4 Å². The molecule has 0 radical (unpaired) electrons. The first-order valence-corrected chi connectivity index (χ1v) is 10.2. The normalized spacial score (nSPS) is 14.2. The van der Waals surface area contributed by atoms with Gasteiger partial charge in [-0.2, -0.15) is 5.10 Å². The molecular weight excluding hydrogens is 384 g/mol. The molecule has 1 aromatic carbocycles. The number of benzene rings is 1. The zero-order chi connectivity index (χ0) is 19.8. The number of thioether (sulfide) groups is 1. The zero-order valence-corrected chi connectivity index (χ0v) is 16.6. The largest absolute Gasteiger partial charge is 0.286 e. The van der Waals surface area contributed by atoms with Gasteiger partial charge in [-0.1, -0.05) is 42.1 Å². The number of nitrogens with zero attached hydrogens (tertiary/aromatic N) is 6. The molecule has 29 heavy (non-hydrogen) atoms. The topological polar surface area (TPSA) is 78.5 Å². The fourth-order valence-electron chi connectivity index (χ4n) is 3.41. The monoisotopic (exact) mass is 402 g/mol. The number of fused-ring (bicyclic) bond motifs is 1. The number of carbonyl (C=O) groups is 1. The molecule has 0 amide bonds. The van der Waals surface area contributed by atoms with Crippen molar-refractivity contribution in [3.63, 3.8) is 0 Å². The standard InChI is InChI=1S/C21H18N6OS/c1-14(16-3-4-17-11-21(28)29-19(17)10-16)18-6-8-27(24-18)20-5-2-15(12-22-20)13-26-9-7-23-25-26/h2-10,12,14H,11,13H2,1H3. The summed E-state index contributed by atoms with van der Waals surface area (Å²) >= 11 is 1.34. The summed E-state index contributed by atoms with van der Waals surface area (Å²) in [7, 11) is 0. The van der Waals surface area contributed by atoms with Gasteiger partial charge in [0.05, 0.1) is 18.4 Å². The first kappa shape index (κ1) is 17.8. The van der Waals surface area contributed by atoms with Crippen molar-refractivity contribution in [2.45, 2.75) is 30.7 Å². The fraction of sp³-hybridized carbons (Fsp3) is 0.190. The predicted molar refractivity (Wildman–Crippen MR) is 109 cm³/mol. The maximum absolute atomic E-state index is 11.7. The minimum Gasteiger partial charge on any atom is -0.286 e. The third-order valence-corrected chi connectivity index (χ3v) is 6.04. The molecule has 0 saturated heterocycles. The van der Waals surface area contributed by atoms with Crippen molar-refractivity contribution in [1.29, 1.82) is 0 Å². The molecule has 0 aliphatic carbocycles. The first-order chi connectivity index (χ1) is 14.2. The molecule has 1 unspecified atom stereocenters. The maximum Gasteiger partial charge on any atom is 0.198 e. The van der Waals surface area contributed by atoms with Crippen molar-refractivity contribution >= 4 is 16.9 Å². The highest BCUT2D eigenvalue weighted by atomic mass is 32.2. The summed E-state index contributed by atoms with van der Waals surface area (Å²) in [5.41, 5.74) is 4.29. The lowest BCUT2D eigenvalue weighted by Crippen LogP contribution is -2.04. The third-order valence-electron chi connectivity index (χ3n) is 5.06. The summed E-state index contributed by atoms with van der Waals surface area (Å²) in [6.07, 6.45) is 7.77. The molecule has 0 bridgehead atoms. The van der Waals surface area contributed by atoms with Crippen molar-refractivity contribution < 1.29 is 4.79 Å². The van der Waals surface area contributed by atoms with E-state index in [9.17, 15) is 4.79 Å². The van der Waals surface area contributed by atoms with Crippen LogP contribution in [0.4, 0.5) is 0 Å². The summed E-state index contributed by atoms with van der Waals surface area (Å²) in [5.74, 6) is 0.894. The van der Waals surface area contributed by atoms with Crippen LogP contribution in [0.15, 0.2) is 66.1 Å². The molecule has 4 heterocycles. The van der Waals surface area contributed by atoms with E-state index < -0.39 is 0 Å². The highest BCUT2D eigenvalue weighted by molar-refractivity contribution is 8.14. The van der Waals surface area contributed by atoms with Gasteiger partial charge < -0.3 is 0 Å². The second-order valence-electron chi connectivity index (χ2n) is 7.05. The highest BCUT2D eigenvalue weighted by Crippen LogP contribution is 2.35. The first-order valence-electron chi connectivity index (χ1n) is 9.34. The van der Waals surface area contributed by atoms with Gasteiger partial charge in [0.2, 0.25) is 0 Å². The Balaban J connectivity index is 1.34. The number of aromatic nitrogens is 6. The molecule has 4 aromatic rings. The molecule has 0 N–H and O–H groups in total. The average Bonchev–Trinajstić information content (AvgIpc) is 3.47. The summed E-state index contributed by atoms with van der Waals surface area (Å²) in [4.78, 5) is 17.3. The Bertz CT molecular complexity index is 1170. The van der Waals surface area contributed by atoms with Crippen molar-refractivity contribution in [2.24, 2.45) is 0 Å². The van der Waals surface area contributed by atoms with Crippen LogP contribution in [-0.4, -0.2) is 34.9 Å². The molecule has 8 heteroatoms.